The van der Waals surface area contributed by atoms with Crippen LogP contribution in [0.3, 0.4) is 0 Å². The average Bonchev–Trinajstić information content (AvgIpc) is 3.22. The van der Waals surface area contributed by atoms with Gasteiger partial charge in [0.1, 0.15) is 11.5 Å². The molecule has 0 amide bonds. The molecule has 2 aromatic heterocycles. The maximum Gasteiger partial charge on any atom is 0.347 e. The second-order valence-electron chi connectivity index (χ2n) is 5.83. The topological polar surface area (TPSA) is 78.6 Å². The molecule has 126 valence electrons. The van der Waals surface area contributed by atoms with E-state index in [2.05, 4.69) is 4.98 Å². The van der Waals surface area contributed by atoms with E-state index in [4.69, 9.17) is 13.9 Å². The predicted octanol–water partition coefficient (Wildman–Crippen LogP) is 3.28. The van der Waals surface area contributed by atoms with Crippen molar-refractivity contribution in [3.05, 3.63) is 53.8 Å². The van der Waals surface area contributed by atoms with Gasteiger partial charge in [0.25, 0.3) is 0 Å². The first kappa shape index (κ1) is 15.4. The van der Waals surface area contributed by atoms with Crippen LogP contribution in [0.4, 0.5) is 0 Å². The Balaban J connectivity index is 1.78. The SMILES string of the molecule is Cc1ccc(-c2cc(C(=O)O[C@@H]3CCOC3=O)c3ccccc3n2)o1. The minimum absolute atomic E-state index is 0.269. The number of cyclic esters (lactones) is 1. The molecule has 1 aromatic carbocycles. The lowest BCUT2D eigenvalue weighted by molar-refractivity contribution is -0.145. The van der Waals surface area contributed by atoms with Crippen LogP contribution >= 0.6 is 0 Å². The number of benzene rings is 1. The quantitative estimate of drug-likeness (QED) is 0.683. The normalized spacial score (nSPS) is 16.8. The summed E-state index contributed by atoms with van der Waals surface area (Å²) in [6.45, 7) is 2.11. The van der Waals surface area contributed by atoms with Gasteiger partial charge in [-0.1, -0.05) is 18.2 Å². The molecule has 1 saturated heterocycles. The van der Waals surface area contributed by atoms with Gasteiger partial charge >= 0.3 is 11.9 Å². The summed E-state index contributed by atoms with van der Waals surface area (Å²) in [5.74, 6) is 0.237. The molecule has 4 rings (SSSR count). The molecule has 1 fully saturated rings. The van der Waals surface area contributed by atoms with E-state index in [-0.39, 0.29) is 6.61 Å². The third kappa shape index (κ3) is 2.87. The molecule has 0 radical (unpaired) electrons. The summed E-state index contributed by atoms with van der Waals surface area (Å²) in [6.07, 6.45) is -0.480. The van der Waals surface area contributed by atoms with Crippen LogP contribution in [0.5, 0.6) is 0 Å². The number of aromatic nitrogens is 1. The maximum absolute atomic E-state index is 12.7. The lowest BCUT2D eigenvalue weighted by atomic mass is 10.1. The fourth-order valence-electron chi connectivity index (χ4n) is 2.82. The Morgan fingerprint density at radius 3 is 2.80 bits per heavy atom. The number of carbonyl (C=O) groups excluding carboxylic acids is 2. The van der Waals surface area contributed by atoms with Crippen LogP contribution in [-0.4, -0.2) is 29.6 Å². The molecule has 6 nitrogen and oxygen atoms in total. The molecular weight excluding hydrogens is 322 g/mol. The first-order valence-electron chi connectivity index (χ1n) is 7.96. The lowest BCUT2D eigenvalue weighted by Gasteiger charge is -2.11. The van der Waals surface area contributed by atoms with Gasteiger partial charge in [0.05, 0.1) is 17.7 Å². The Hall–Kier alpha value is -3.15. The summed E-state index contributed by atoms with van der Waals surface area (Å²) < 4.78 is 15.8. The third-order valence-corrected chi connectivity index (χ3v) is 4.07. The van der Waals surface area contributed by atoms with Crippen molar-refractivity contribution in [1.29, 1.82) is 0 Å². The summed E-state index contributed by atoms with van der Waals surface area (Å²) in [7, 11) is 0. The first-order valence-corrected chi connectivity index (χ1v) is 7.96. The average molecular weight is 337 g/mol. The Bertz CT molecular complexity index is 975. The van der Waals surface area contributed by atoms with Crippen LogP contribution in [0.15, 0.2) is 46.9 Å². The van der Waals surface area contributed by atoms with Gasteiger partial charge in [-0.15, -0.1) is 0 Å². The third-order valence-electron chi connectivity index (χ3n) is 4.07. The highest BCUT2D eigenvalue weighted by Crippen LogP contribution is 2.27. The number of carbonyl (C=O) groups is 2. The van der Waals surface area contributed by atoms with Crippen LogP contribution in [0.1, 0.15) is 22.5 Å². The van der Waals surface area contributed by atoms with Gasteiger partial charge in [-0.05, 0) is 31.2 Å². The second kappa shape index (κ2) is 6.05. The number of hydrogen-bond donors (Lipinski definition) is 0. The van der Waals surface area contributed by atoms with Gasteiger partial charge in [0, 0.05) is 11.8 Å². The summed E-state index contributed by atoms with van der Waals surface area (Å²) in [5, 5.41) is 0.658. The Labute approximate surface area is 143 Å². The number of furan rings is 1. The number of nitrogens with zero attached hydrogens (tertiary/aromatic N) is 1. The highest BCUT2D eigenvalue weighted by atomic mass is 16.6. The van der Waals surface area contributed by atoms with Crippen molar-refractivity contribution in [2.75, 3.05) is 6.61 Å². The van der Waals surface area contributed by atoms with E-state index in [0.29, 0.717) is 34.3 Å². The van der Waals surface area contributed by atoms with Gasteiger partial charge < -0.3 is 13.9 Å². The number of esters is 2. The van der Waals surface area contributed by atoms with Crippen LogP contribution in [0.2, 0.25) is 0 Å². The first-order chi connectivity index (χ1) is 12.1. The second-order valence-corrected chi connectivity index (χ2v) is 5.83. The minimum Gasteiger partial charge on any atom is -0.463 e. The van der Waals surface area contributed by atoms with Gasteiger partial charge in [0.2, 0.25) is 6.10 Å². The van der Waals surface area contributed by atoms with Gasteiger partial charge in [-0.3, -0.25) is 0 Å². The Kier molecular flexibility index (Phi) is 3.72. The molecular formula is C19H15NO5. The Morgan fingerprint density at radius 2 is 2.08 bits per heavy atom. The highest BCUT2D eigenvalue weighted by Gasteiger charge is 2.31. The maximum atomic E-state index is 12.7. The molecule has 6 heteroatoms. The Morgan fingerprint density at radius 1 is 1.24 bits per heavy atom. The fraction of sp³-hybridized carbons (Fsp3) is 0.211. The van der Waals surface area contributed by atoms with Crippen LogP contribution in [0.25, 0.3) is 22.4 Å². The number of pyridine rings is 1. The molecule has 0 unspecified atom stereocenters. The zero-order valence-corrected chi connectivity index (χ0v) is 13.5. The summed E-state index contributed by atoms with van der Waals surface area (Å²) in [4.78, 5) is 28.8. The largest absolute Gasteiger partial charge is 0.463 e. The van der Waals surface area contributed by atoms with E-state index in [1.54, 1.807) is 18.2 Å². The number of hydrogen-bond acceptors (Lipinski definition) is 6. The monoisotopic (exact) mass is 337 g/mol. The molecule has 25 heavy (non-hydrogen) atoms. The standard InChI is InChI=1S/C19H15NO5/c1-11-6-7-16(24-11)15-10-13(12-4-2-3-5-14(12)20-15)18(21)25-17-8-9-23-19(17)22/h2-7,10,17H,8-9H2,1H3/t17-/m1/s1. The number of ether oxygens (including phenoxy) is 2. The van der Waals surface area contributed by atoms with Crippen molar-refractivity contribution < 1.29 is 23.5 Å². The van der Waals surface area contributed by atoms with E-state index in [0.717, 1.165) is 5.76 Å². The van der Waals surface area contributed by atoms with Crippen molar-refractivity contribution >= 4 is 22.8 Å². The predicted molar refractivity (Wildman–Crippen MR) is 89.0 cm³/mol. The number of aryl methyl sites for hydroxylation is 1. The van der Waals surface area contributed by atoms with Crippen LogP contribution < -0.4 is 0 Å². The molecule has 0 N–H and O–H groups in total. The van der Waals surface area contributed by atoms with Crippen molar-refractivity contribution in [2.45, 2.75) is 19.4 Å². The zero-order valence-electron chi connectivity index (χ0n) is 13.5. The molecule has 1 aliphatic heterocycles. The summed E-state index contributed by atoms with van der Waals surface area (Å²) in [6, 6.07) is 12.5. The molecule has 1 aliphatic rings. The molecule has 0 spiro atoms. The number of para-hydroxylation sites is 1. The number of rotatable bonds is 3. The molecule has 3 aromatic rings. The van der Waals surface area contributed by atoms with Gasteiger partial charge in [0.15, 0.2) is 5.76 Å². The molecule has 0 bridgehead atoms. The van der Waals surface area contributed by atoms with Gasteiger partial charge in [-0.25, -0.2) is 14.6 Å². The van der Waals surface area contributed by atoms with E-state index < -0.39 is 18.0 Å². The van der Waals surface area contributed by atoms with Crippen LogP contribution in [-0.2, 0) is 14.3 Å². The van der Waals surface area contributed by atoms with Crippen molar-refractivity contribution in [2.24, 2.45) is 0 Å². The van der Waals surface area contributed by atoms with Crippen LogP contribution in [0, 0.1) is 6.92 Å². The summed E-state index contributed by atoms with van der Waals surface area (Å²) in [5.41, 5.74) is 1.53. The fourth-order valence-corrected chi connectivity index (χ4v) is 2.82. The van der Waals surface area contributed by atoms with E-state index in [1.807, 2.05) is 31.2 Å². The molecule has 0 aliphatic carbocycles. The zero-order chi connectivity index (χ0) is 17.4. The van der Waals surface area contributed by atoms with Gasteiger partial charge in [-0.2, -0.15) is 0 Å². The molecule has 0 saturated carbocycles. The molecule has 3 heterocycles. The van der Waals surface area contributed by atoms with Crippen molar-refractivity contribution in [1.82, 2.24) is 4.98 Å². The van der Waals surface area contributed by atoms with E-state index >= 15 is 0 Å². The summed E-state index contributed by atoms with van der Waals surface area (Å²) >= 11 is 0. The van der Waals surface area contributed by atoms with Crippen molar-refractivity contribution in [3.63, 3.8) is 0 Å². The molecule has 1 atom stereocenters. The highest BCUT2D eigenvalue weighted by molar-refractivity contribution is 6.05. The minimum atomic E-state index is -0.853. The van der Waals surface area contributed by atoms with Crippen molar-refractivity contribution in [3.8, 4) is 11.5 Å². The lowest BCUT2D eigenvalue weighted by Crippen LogP contribution is -2.22. The van der Waals surface area contributed by atoms with E-state index in [1.165, 1.54) is 0 Å². The number of fused-ring (bicyclic) bond motifs is 1. The smallest absolute Gasteiger partial charge is 0.347 e. The van der Waals surface area contributed by atoms with E-state index in [9.17, 15) is 9.59 Å².